The van der Waals surface area contributed by atoms with E-state index < -0.39 is 41.6 Å². The Balaban J connectivity index is 1.86. The molecule has 0 aliphatic carbocycles. The van der Waals surface area contributed by atoms with Crippen molar-refractivity contribution in [2.24, 2.45) is 0 Å². The maximum absolute atomic E-state index is 15.0. The smallest absolute Gasteiger partial charge is 0.449 e. The molecule has 0 bridgehead atoms. The van der Waals surface area contributed by atoms with Crippen LogP contribution in [0.1, 0.15) is 5.56 Å². The number of cyclic esters (lactones) is 1. The molecule has 1 aliphatic heterocycles. The van der Waals surface area contributed by atoms with Crippen molar-refractivity contribution < 1.29 is 28.6 Å². The zero-order valence-corrected chi connectivity index (χ0v) is 18.5. The van der Waals surface area contributed by atoms with E-state index in [1.54, 1.807) is 6.07 Å². The van der Waals surface area contributed by atoms with Crippen LogP contribution in [0.15, 0.2) is 52.2 Å². The number of hydrogen-bond acceptors (Lipinski definition) is 6. The van der Waals surface area contributed by atoms with E-state index in [-0.39, 0.29) is 40.1 Å². The number of anilines is 1. The van der Waals surface area contributed by atoms with Gasteiger partial charge in [0, 0.05) is 0 Å². The number of carboxylic acid groups (broad SMARTS) is 1. The Morgan fingerprint density at radius 2 is 1.94 bits per heavy atom. The van der Waals surface area contributed by atoms with E-state index in [0.717, 1.165) is 16.8 Å². The van der Waals surface area contributed by atoms with Gasteiger partial charge in [-0.25, -0.2) is 18.8 Å². The molecule has 10 nitrogen and oxygen atoms in total. The molecule has 1 N–H and O–H groups in total. The molecule has 0 unspecified atom stereocenters. The van der Waals surface area contributed by atoms with E-state index in [9.17, 15) is 19.2 Å². The van der Waals surface area contributed by atoms with Gasteiger partial charge in [-0.1, -0.05) is 35.3 Å². The molecule has 1 fully saturated rings. The molecule has 1 saturated heterocycles. The lowest BCUT2D eigenvalue weighted by molar-refractivity contribution is 0.143. The summed E-state index contributed by atoms with van der Waals surface area (Å²) in [5.41, 5.74) is -1.90. The molecule has 176 valence electrons. The second-order valence-electron chi connectivity index (χ2n) is 7.02. The molecular formula is C21H14Cl2FN3O7. The van der Waals surface area contributed by atoms with Gasteiger partial charge in [-0.2, -0.15) is 0 Å². The van der Waals surface area contributed by atoms with Crippen LogP contribution in [0.4, 0.5) is 19.7 Å². The van der Waals surface area contributed by atoms with Crippen molar-refractivity contribution in [3.05, 3.63) is 84.9 Å². The van der Waals surface area contributed by atoms with Crippen LogP contribution in [0.25, 0.3) is 5.69 Å². The maximum atomic E-state index is 15.0. The first-order valence-electron chi connectivity index (χ1n) is 9.61. The summed E-state index contributed by atoms with van der Waals surface area (Å²) < 4.78 is 25.8. The first-order valence-corrected chi connectivity index (χ1v) is 10.4. The average molecular weight is 510 g/mol. The molecule has 1 aromatic heterocycles. The molecule has 0 atom stereocenters. The van der Waals surface area contributed by atoms with Crippen molar-refractivity contribution >= 4 is 41.1 Å². The van der Waals surface area contributed by atoms with Gasteiger partial charge < -0.3 is 14.6 Å². The number of carbonyl (C=O) groups is 2. The Kier molecular flexibility index (Phi) is 6.31. The molecule has 0 spiro atoms. The molecule has 4 rings (SSSR count). The minimum absolute atomic E-state index is 0.0830. The highest BCUT2D eigenvalue weighted by Crippen LogP contribution is 2.26. The minimum atomic E-state index is -1.81. The Labute approximate surface area is 199 Å². The summed E-state index contributed by atoms with van der Waals surface area (Å²) in [5, 5.41) is 9.26. The third-order valence-electron chi connectivity index (χ3n) is 4.96. The van der Waals surface area contributed by atoms with Gasteiger partial charge in [-0.3, -0.25) is 18.8 Å². The molecule has 3 aromatic rings. The van der Waals surface area contributed by atoms with Crippen molar-refractivity contribution in [3.63, 3.8) is 0 Å². The Hall–Kier alpha value is -3.83. The summed E-state index contributed by atoms with van der Waals surface area (Å²) in [4.78, 5) is 50.0. The van der Waals surface area contributed by atoms with E-state index in [1.807, 2.05) is 0 Å². The Bertz CT molecular complexity index is 1440. The van der Waals surface area contributed by atoms with Gasteiger partial charge in [0.05, 0.1) is 40.7 Å². The molecule has 1 aliphatic rings. The van der Waals surface area contributed by atoms with Crippen molar-refractivity contribution in [2.75, 3.05) is 18.1 Å². The van der Waals surface area contributed by atoms with Crippen LogP contribution in [-0.4, -0.2) is 39.6 Å². The number of halogens is 3. The van der Waals surface area contributed by atoms with E-state index in [0.29, 0.717) is 4.57 Å². The number of amides is 1. The van der Waals surface area contributed by atoms with Gasteiger partial charge >= 0.3 is 17.9 Å². The van der Waals surface area contributed by atoms with E-state index >= 15 is 4.39 Å². The number of carbonyl (C=O) groups excluding carboxylic acids is 1. The van der Waals surface area contributed by atoms with Crippen molar-refractivity contribution in [1.29, 1.82) is 0 Å². The van der Waals surface area contributed by atoms with Gasteiger partial charge in [-0.15, -0.1) is 0 Å². The predicted molar refractivity (Wildman–Crippen MR) is 119 cm³/mol. The number of aromatic nitrogens is 2. The lowest BCUT2D eigenvalue weighted by Gasteiger charge is -2.16. The summed E-state index contributed by atoms with van der Waals surface area (Å²) >= 11 is 12.2. The van der Waals surface area contributed by atoms with E-state index in [2.05, 4.69) is 4.74 Å². The van der Waals surface area contributed by atoms with Crippen molar-refractivity contribution in [1.82, 2.24) is 9.13 Å². The molecular weight excluding hydrogens is 496 g/mol. The van der Waals surface area contributed by atoms with Crippen molar-refractivity contribution in [2.45, 2.75) is 6.54 Å². The molecule has 0 radical (unpaired) electrons. The molecule has 34 heavy (non-hydrogen) atoms. The highest BCUT2D eigenvalue weighted by atomic mass is 35.5. The van der Waals surface area contributed by atoms with Gasteiger partial charge in [-0.05, 0) is 29.8 Å². The normalized spacial score (nSPS) is 13.1. The largest absolute Gasteiger partial charge is 0.511 e. The number of nitrogens with zero attached hydrogens (tertiary/aromatic N) is 3. The second kappa shape index (κ2) is 9.20. The van der Waals surface area contributed by atoms with Gasteiger partial charge in [0.15, 0.2) is 0 Å². The Morgan fingerprint density at radius 1 is 1.18 bits per heavy atom. The van der Waals surface area contributed by atoms with E-state index in [4.69, 9.17) is 33.0 Å². The second-order valence-corrected chi connectivity index (χ2v) is 7.81. The standard InChI is InChI=1S/C21H14Cl2FN3O7/c22-13-3-1-2-11(17(13)23)9-27-18(28)16(34-21(31)32)10-26(19(27)29)15-5-4-12(8-14(15)24)25-6-7-33-20(25)30/h1-5,8,10H,6-7,9H2,(H,31,32). The molecule has 2 heterocycles. The number of ether oxygens (including phenoxy) is 2. The highest BCUT2D eigenvalue weighted by molar-refractivity contribution is 6.42. The van der Waals surface area contributed by atoms with Gasteiger partial charge in [0.2, 0.25) is 5.75 Å². The summed E-state index contributed by atoms with van der Waals surface area (Å²) in [6.45, 7) is -0.0266. The lowest BCUT2D eigenvalue weighted by Crippen LogP contribution is -2.40. The minimum Gasteiger partial charge on any atom is -0.449 e. The number of rotatable bonds is 5. The topological polar surface area (TPSA) is 120 Å². The fourth-order valence-corrected chi connectivity index (χ4v) is 3.76. The molecule has 13 heteroatoms. The number of hydrogen-bond donors (Lipinski definition) is 1. The fourth-order valence-electron chi connectivity index (χ4n) is 3.38. The lowest BCUT2D eigenvalue weighted by atomic mass is 10.2. The molecule has 2 aromatic carbocycles. The van der Waals surface area contributed by atoms with Crippen LogP contribution >= 0.6 is 23.2 Å². The Morgan fingerprint density at radius 3 is 2.59 bits per heavy atom. The quantitative estimate of drug-likeness (QED) is 0.522. The zero-order valence-electron chi connectivity index (χ0n) is 17.0. The average Bonchev–Trinajstić information content (AvgIpc) is 3.22. The van der Waals surface area contributed by atoms with Gasteiger partial charge in [0.1, 0.15) is 12.4 Å². The summed E-state index contributed by atoms with van der Waals surface area (Å²) in [6, 6.07) is 8.15. The van der Waals surface area contributed by atoms with Crippen molar-refractivity contribution in [3.8, 4) is 11.4 Å². The van der Waals surface area contributed by atoms with Crippen LogP contribution in [0.5, 0.6) is 5.75 Å². The van der Waals surface area contributed by atoms with Crippen LogP contribution in [0, 0.1) is 5.82 Å². The third-order valence-corrected chi connectivity index (χ3v) is 5.82. The summed E-state index contributed by atoms with van der Waals surface area (Å²) in [5.74, 6) is -1.66. The SMILES string of the molecule is O=C(O)Oc1cn(-c2ccc(N3CCOC3=O)cc2F)c(=O)n(Cc2cccc(Cl)c2Cl)c1=O. The zero-order chi connectivity index (χ0) is 24.6. The van der Waals surface area contributed by atoms with E-state index in [1.165, 1.54) is 29.2 Å². The maximum Gasteiger partial charge on any atom is 0.511 e. The van der Waals surface area contributed by atoms with Crippen LogP contribution in [0.2, 0.25) is 10.0 Å². The monoisotopic (exact) mass is 509 g/mol. The van der Waals surface area contributed by atoms with Crippen LogP contribution < -0.4 is 20.9 Å². The third kappa shape index (κ3) is 4.35. The first-order chi connectivity index (χ1) is 16.2. The van der Waals surface area contributed by atoms with Crippen LogP contribution in [-0.2, 0) is 11.3 Å². The summed E-state index contributed by atoms with van der Waals surface area (Å²) in [6.07, 6.45) is -1.68. The fraction of sp³-hybridized carbons (Fsp3) is 0.143. The first kappa shape index (κ1) is 23.3. The van der Waals surface area contributed by atoms with Crippen LogP contribution in [0.3, 0.4) is 0 Å². The number of benzene rings is 2. The summed E-state index contributed by atoms with van der Waals surface area (Å²) in [7, 11) is 0. The molecule has 0 saturated carbocycles. The predicted octanol–water partition coefficient (Wildman–Crippen LogP) is 3.51. The van der Waals surface area contributed by atoms with Gasteiger partial charge in [0.25, 0.3) is 5.56 Å². The highest BCUT2D eigenvalue weighted by Gasteiger charge is 2.25. The molecule has 1 amide bonds.